The second-order valence-electron chi connectivity index (χ2n) is 3.81. The highest BCUT2D eigenvalue weighted by molar-refractivity contribution is 5.13. The number of rotatable bonds is 8. The smallest absolute Gasteiger partial charge is 0.0720 e. The standard InChI is InChI=1S/C15H20O/c1-3-5-12-15(9-4-2)16-13-14-10-7-6-8-11-14/h3-4,6-8,10-11,15H,1-2,5,9,12-13H2. The van der Waals surface area contributed by atoms with E-state index >= 15 is 0 Å². The zero-order chi connectivity index (χ0) is 11.6. The molecule has 0 radical (unpaired) electrons. The molecule has 0 spiro atoms. The highest BCUT2D eigenvalue weighted by Gasteiger charge is 2.06. The second-order valence-corrected chi connectivity index (χ2v) is 3.81. The van der Waals surface area contributed by atoms with Crippen molar-refractivity contribution in [3.05, 3.63) is 61.2 Å². The van der Waals surface area contributed by atoms with E-state index < -0.39 is 0 Å². The Labute approximate surface area is 98.5 Å². The molecule has 0 fully saturated rings. The van der Waals surface area contributed by atoms with E-state index in [0.29, 0.717) is 6.61 Å². The molecule has 0 aliphatic rings. The van der Waals surface area contributed by atoms with E-state index in [-0.39, 0.29) is 6.10 Å². The molecule has 0 amide bonds. The van der Waals surface area contributed by atoms with Gasteiger partial charge in [-0.3, -0.25) is 0 Å². The van der Waals surface area contributed by atoms with E-state index in [2.05, 4.69) is 25.3 Å². The van der Waals surface area contributed by atoms with Gasteiger partial charge in [-0.2, -0.15) is 0 Å². The minimum atomic E-state index is 0.260. The lowest BCUT2D eigenvalue weighted by Crippen LogP contribution is -2.11. The predicted octanol–water partition coefficient (Wildman–Crippen LogP) is 4.11. The molecule has 16 heavy (non-hydrogen) atoms. The average Bonchev–Trinajstić information content (AvgIpc) is 2.34. The van der Waals surface area contributed by atoms with Crippen LogP contribution in [0.3, 0.4) is 0 Å². The fraction of sp³-hybridized carbons (Fsp3) is 0.333. The van der Waals surface area contributed by atoms with Gasteiger partial charge in [-0.1, -0.05) is 42.5 Å². The Morgan fingerprint density at radius 3 is 2.50 bits per heavy atom. The summed E-state index contributed by atoms with van der Waals surface area (Å²) >= 11 is 0. The number of hydrogen-bond donors (Lipinski definition) is 0. The molecule has 1 unspecified atom stereocenters. The molecule has 0 saturated carbocycles. The highest BCUT2D eigenvalue weighted by atomic mass is 16.5. The first-order valence-corrected chi connectivity index (χ1v) is 5.74. The van der Waals surface area contributed by atoms with Crippen molar-refractivity contribution in [2.45, 2.75) is 32.0 Å². The molecule has 0 heterocycles. The van der Waals surface area contributed by atoms with Crippen LogP contribution < -0.4 is 0 Å². The summed E-state index contributed by atoms with van der Waals surface area (Å²) in [7, 11) is 0. The lowest BCUT2D eigenvalue weighted by Gasteiger charge is -2.15. The van der Waals surface area contributed by atoms with Crippen molar-refractivity contribution in [1.82, 2.24) is 0 Å². The molecule has 1 atom stereocenters. The van der Waals surface area contributed by atoms with Gasteiger partial charge < -0.3 is 4.74 Å². The molecule has 1 aromatic rings. The monoisotopic (exact) mass is 216 g/mol. The Bertz CT molecular complexity index is 302. The summed E-state index contributed by atoms with van der Waals surface area (Å²) in [5.41, 5.74) is 1.22. The van der Waals surface area contributed by atoms with E-state index in [9.17, 15) is 0 Å². The third-order valence-electron chi connectivity index (χ3n) is 2.45. The zero-order valence-electron chi connectivity index (χ0n) is 9.77. The Hall–Kier alpha value is -1.34. The van der Waals surface area contributed by atoms with Crippen LogP contribution in [-0.4, -0.2) is 6.10 Å². The molecular formula is C15H20O. The summed E-state index contributed by atoms with van der Waals surface area (Å²) < 4.78 is 5.85. The van der Waals surface area contributed by atoms with Crippen LogP contribution in [0.25, 0.3) is 0 Å². The van der Waals surface area contributed by atoms with Crippen molar-refractivity contribution in [2.75, 3.05) is 0 Å². The summed E-state index contributed by atoms with van der Waals surface area (Å²) in [5.74, 6) is 0. The number of hydrogen-bond acceptors (Lipinski definition) is 1. The van der Waals surface area contributed by atoms with E-state index in [0.717, 1.165) is 19.3 Å². The van der Waals surface area contributed by atoms with Gasteiger partial charge in [0, 0.05) is 0 Å². The second kappa shape index (κ2) is 7.89. The predicted molar refractivity (Wildman–Crippen MR) is 69.3 cm³/mol. The normalized spacial score (nSPS) is 12.0. The van der Waals surface area contributed by atoms with Gasteiger partial charge in [0.15, 0.2) is 0 Å². The third kappa shape index (κ3) is 4.94. The van der Waals surface area contributed by atoms with Crippen LogP contribution in [0, 0.1) is 0 Å². The molecular weight excluding hydrogens is 196 g/mol. The highest BCUT2D eigenvalue weighted by Crippen LogP contribution is 2.11. The van der Waals surface area contributed by atoms with E-state index in [1.54, 1.807) is 0 Å². The minimum Gasteiger partial charge on any atom is -0.373 e. The van der Waals surface area contributed by atoms with Crippen LogP contribution in [0.15, 0.2) is 55.6 Å². The molecule has 1 heteroatoms. The summed E-state index contributed by atoms with van der Waals surface area (Å²) in [6.45, 7) is 8.16. The fourth-order valence-electron chi connectivity index (χ4n) is 1.55. The lowest BCUT2D eigenvalue weighted by molar-refractivity contribution is 0.0377. The first-order valence-electron chi connectivity index (χ1n) is 5.74. The maximum atomic E-state index is 5.85. The summed E-state index contributed by atoms with van der Waals surface area (Å²) in [6, 6.07) is 10.2. The van der Waals surface area contributed by atoms with Crippen molar-refractivity contribution in [3.63, 3.8) is 0 Å². The summed E-state index contributed by atoms with van der Waals surface area (Å²) in [5, 5.41) is 0. The zero-order valence-corrected chi connectivity index (χ0v) is 9.77. The van der Waals surface area contributed by atoms with Gasteiger partial charge in [0.1, 0.15) is 0 Å². The Kier molecular flexibility index (Phi) is 6.28. The van der Waals surface area contributed by atoms with E-state index in [1.165, 1.54) is 5.56 Å². The van der Waals surface area contributed by atoms with Crippen molar-refractivity contribution >= 4 is 0 Å². The van der Waals surface area contributed by atoms with Crippen LogP contribution in [0.1, 0.15) is 24.8 Å². The molecule has 1 rings (SSSR count). The fourth-order valence-corrected chi connectivity index (χ4v) is 1.55. The molecule has 0 saturated heterocycles. The van der Waals surface area contributed by atoms with Gasteiger partial charge in [0.05, 0.1) is 12.7 Å². The lowest BCUT2D eigenvalue weighted by atomic mass is 10.1. The molecule has 0 aromatic heterocycles. The first-order chi connectivity index (χ1) is 7.86. The van der Waals surface area contributed by atoms with Crippen LogP contribution in [0.4, 0.5) is 0 Å². The maximum Gasteiger partial charge on any atom is 0.0720 e. The summed E-state index contributed by atoms with van der Waals surface area (Å²) in [6.07, 6.45) is 7.02. The molecule has 1 nitrogen and oxygen atoms in total. The topological polar surface area (TPSA) is 9.23 Å². The van der Waals surface area contributed by atoms with Crippen LogP contribution in [0.2, 0.25) is 0 Å². The van der Waals surface area contributed by atoms with Crippen molar-refractivity contribution in [3.8, 4) is 0 Å². The van der Waals surface area contributed by atoms with Gasteiger partial charge in [0.2, 0.25) is 0 Å². The molecule has 1 aromatic carbocycles. The van der Waals surface area contributed by atoms with E-state index in [4.69, 9.17) is 4.74 Å². The van der Waals surface area contributed by atoms with Gasteiger partial charge in [-0.25, -0.2) is 0 Å². The van der Waals surface area contributed by atoms with Crippen LogP contribution in [0.5, 0.6) is 0 Å². The van der Waals surface area contributed by atoms with Crippen LogP contribution in [-0.2, 0) is 11.3 Å². The maximum absolute atomic E-state index is 5.85. The van der Waals surface area contributed by atoms with Gasteiger partial charge >= 0.3 is 0 Å². The molecule has 86 valence electrons. The number of benzene rings is 1. The molecule has 0 bridgehead atoms. The van der Waals surface area contributed by atoms with Crippen molar-refractivity contribution in [1.29, 1.82) is 0 Å². The van der Waals surface area contributed by atoms with Gasteiger partial charge in [0.25, 0.3) is 0 Å². The summed E-state index contributed by atoms with van der Waals surface area (Å²) in [4.78, 5) is 0. The van der Waals surface area contributed by atoms with Gasteiger partial charge in [-0.05, 0) is 24.8 Å². The van der Waals surface area contributed by atoms with E-state index in [1.807, 2.05) is 30.4 Å². The number of ether oxygens (including phenoxy) is 1. The first kappa shape index (κ1) is 12.7. The van der Waals surface area contributed by atoms with Crippen molar-refractivity contribution in [2.24, 2.45) is 0 Å². The minimum absolute atomic E-state index is 0.260. The third-order valence-corrected chi connectivity index (χ3v) is 2.45. The Balaban J connectivity index is 2.36. The SMILES string of the molecule is C=CCCC(CC=C)OCc1ccccc1. The number of allylic oxidation sites excluding steroid dienone is 1. The largest absolute Gasteiger partial charge is 0.373 e. The Morgan fingerprint density at radius 2 is 1.88 bits per heavy atom. The van der Waals surface area contributed by atoms with Gasteiger partial charge in [-0.15, -0.1) is 13.2 Å². The average molecular weight is 216 g/mol. The Morgan fingerprint density at radius 1 is 1.12 bits per heavy atom. The van der Waals surface area contributed by atoms with Crippen LogP contribution >= 0.6 is 0 Å². The molecule has 0 aliphatic carbocycles. The molecule has 0 aliphatic heterocycles. The molecule has 0 N–H and O–H groups in total. The quantitative estimate of drug-likeness (QED) is 0.594. The van der Waals surface area contributed by atoms with Crippen molar-refractivity contribution < 1.29 is 4.74 Å².